The van der Waals surface area contributed by atoms with Gasteiger partial charge in [-0.3, -0.25) is 4.79 Å². The third-order valence-corrected chi connectivity index (χ3v) is 2.63. The molecule has 108 valence electrons. The normalized spacial score (nSPS) is 12.6. The van der Waals surface area contributed by atoms with E-state index in [1.807, 2.05) is 0 Å². The Morgan fingerprint density at radius 2 is 1.94 bits per heavy atom. The lowest BCUT2D eigenvalue weighted by atomic mass is 10.1. The molecule has 0 spiro atoms. The zero-order valence-corrected chi connectivity index (χ0v) is 11.5. The first-order valence-electron chi connectivity index (χ1n) is 6.91. The minimum Gasteiger partial charge on any atom is -0.389 e. The average molecular weight is 260 g/mol. The summed E-state index contributed by atoms with van der Waals surface area (Å²) in [5, 5.41) is 12.3. The van der Waals surface area contributed by atoms with Crippen molar-refractivity contribution in [2.45, 2.75) is 51.6 Å². The van der Waals surface area contributed by atoms with Gasteiger partial charge in [0.25, 0.3) is 0 Å². The van der Waals surface area contributed by atoms with E-state index in [9.17, 15) is 9.90 Å². The molecule has 5 heteroatoms. The first-order chi connectivity index (χ1) is 8.66. The Labute approximate surface area is 110 Å². The fourth-order valence-corrected chi connectivity index (χ4v) is 1.62. The topological polar surface area (TPSA) is 84.6 Å². The van der Waals surface area contributed by atoms with Gasteiger partial charge in [0.2, 0.25) is 5.91 Å². The highest BCUT2D eigenvalue weighted by molar-refractivity contribution is 5.75. The second kappa shape index (κ2) is 12.8. The molecule has 1 amide bonds. The summed E-state index contributed by atoms with van der Waals surface area (Å²) in [5.41, 5.74) is 4.95. The molecule has 0 radical (unpaired) electrons. The molecule has 0 heterocycles. The number of rotatable bonds is 13. The van der Waals surface area contributed by atoms with Gasteiger partial charge in [0.1, 0.15) is 0 Å². The first kappa shape index (κ1) is 17.4. The molecule has 0 bridgehead atoms. The molecular weight excluding hydrogens is 232 g/mol. The number of carbonyl (C=O) groups is 1. The van der Waals surface area contributed by atoms with E-state index < -0.39 is 12.0 Å². The van der Waals surface area contributed by atoms with Gasteiger partial charge in [0.05, 0.1) is 19.3 Å². The van der Waals surface area contributed by atoms with Crippen LogP contribution < -0.4 is 11.1 Å². The average Bonchev–Trinajstić information content (AvgIpc) is 2.32. The molecule has 1 atom stereocenters. The number of carbonyl (C=O) groups excluding carboxylic acids is 1. The highest BCUT2D eigenvalue weighted by Gasteiger charge is 2.04. The Morgan fingerprint density at radius 1 is 1.28 bits per heavy atom. The van der Waals surface area contributed by atoms with Gasteiger partial charge >= 0.3 is 0 Å². The standard InChI is InChI=1S/C13H28N2O3/c1-2-3-4-5-6-7-8-18-11-12(16)9-15-10-13(14)17/h12,15-16H,2-11H2,1H3,(H2,14,17). The lowest BCUT2D eigenvalue weighted by Crippen LogP contribution is -2.36. The van der Waals surface area contributed by atoms with Crippen molar-refractivity contribution in [2.24, 2.45) is 5.73 Å². The fraction of sp³-hybridized carbons (Fsp3) is 0.923. The number of unbranched alkanes of at least 4 members (excludes halogenated alkanes) is 5. The lowest BCUT2D eigenvalue weighted by molar-refractivity contribution is -0.117. The summed E-state index contributed by atoms with van der Waals surface area (Å²) in [7, 11) is 0. The largest absolute Gasteiger partial charge is 0.389 e. The monoisotopic (exact) mass is 260 g/mol. The number of primary amides is 1. The molecule has 0 rings (SSSR count). The summed E-state index contributed by atoms with van der Waals surface area (Å²) in [5.74, 6) is -0.421. The molecule has 0 saturated carbocycles. The minimum absolute atomic E-state index is 0.0918. The third-order valence-electron chi connectivity index (χ3n) is 2.63. The summed E-state index contributed by atoms with van der Waals surface area (Å²) in [6.45, 7) is 3.63. The van der Waals surface area contributed by atoms with Crippen molar-refractivity contribution in [3.8, 4) is 0 Å². The Hall–Kier alpha value is -0.650. The van der Waals surface area contributed by atoms with Crippen LogP contribution in [0.25, 0.3) is 0 Å². The number of hydrogen-bond donors (Lipinski definition) is 3. The van der Waals surface area contributed by atoms with E-state index in [2.05, 4.69) is 12.2 Å². The number of nitrogens with two attached hydrogens (primary N) is 1. The van der Waals surface area contributed by atoms with Gasteiger partial charge in [-0.1, -0.05) is 39.0 Å². The van der Waals surface area contributed by atoms with Gasteiger partial charge in [0, 0.05) is 13.2 Å². The molecule has 0 aromatic heterocycles. The molecule has 5 nitrogen and oxygen atoms in total. The van der Waals surface area contributed by atoms with Crippen molar-refractivity contribution >= 4 is 5.91 Å². The van der Waals surface area contributed by atoms with Gasteiger partial charge in [-0.15, -0.1) is 0 Å². The van der Waals surface area contributed by atoms with Crippen LogP contribution in [0.3, 0.4) is 0 Å². The van der Waals surface area contributed by atoms with Crippen molar-refractivity contribution in [1.29, 1.82) is 0 Å². The van der Waals surface area contributed by atoms with Crippen molar-refractivity contribution in [3.63, 3.8) is 0 Å². The molecule has 0 fully saturated rings. The number of hydrogen-bond acceptors (Lipinski definition) is 4. The molecule has 18 heavy (non-hydrogen) atoms. The van der Waals surface area contributed by atoms with Crippen LogP contribution in [0.1, 0.15) is 45.4 Å². The molecule has 0 aliphatic heterocycles. The van der Waals surface area contributed by atoms with Gasteiger partial charge in [-0.2, -0.15) is 0 Å². The summed E-state index contributed by atoms with van der Waals surface area (Å²) >= 11 is 0. The van der Waals surface area contributed by atoms with Gasteiger partial charge in [0.15, 0.2) is 0 Å². The number of aliphatic hydroxyl groups excluding tert-OH is 1. The molecular formula is C13H28N2O3. The summed E-state index contributed by atoms with van der Waals surface area (Å²) in [6, 6.07) is 0. The maximum Gasteiger partial charge on any atom is 0.231 e. The zero-order chi connectivity index (χ0) is 13.6. The van der Waals surface area contributed by atoms with E-state index in [1.54, 1.807) is 0 Å². The van der Waals surface area contributed by atoms with Crippen molar-refractivity contribution in [2.75, 3.05) is 26.3 Å². The van der Waals surface area contributed by atoms with Crippen LogP contribution in [0, 0.1) is 0 Å². The van der Waals surface area contributed by atoms with E-state index in [0.29, 0.717) is 19.8 Å². The number of nitrogens with one attached hydrogen (secondary N) is 1. The van der Waals surface area contributed by atoms with Gasteiger partial charge in [-0.05, 0) is 6.42 Å². The highest BCUT2D eigenvalue weighted by Crippen LogP contribution is 2.04. The highest BCUT2D eigenvalue weighted by atomic mass is 16.5. The van der Waals surface area contributed by atoms with Crippen LogP contribution >= 0.6 is 0 Å². The summed E-state index contributed by atoms with van der Waals surface area (Å²) < 4.78 is 5.35. The predicted octanol–water partition coefficient (Wildman–Crippen LogP) is 0.799. The van der Waals surface area contributed by atoms with Crippen LogP contribution in [-0.2, 0) is 9.53 Å². The van der Waals surface area contributed by atoms with E-state index >= 15 is 0 Å². The second-order valence-electron chi connectivity index (χ2n) is 4.59. The Balaban J connectivity index is 3.15. The van der Waals surface area contributed by atoms with Crippen molar-refractivity contribution < 1.29 is 14.6 Å². The van der Waals surface area contributed by atoms with Crippen LogP contribution in [-0.4, -0.2) is 43.4 Å². The van der Waals surface area contributed by atoms with E-state index in [0.717, 1.165) is 6.42 Å². The number of aliphatic hydroxyl groups is 1. The van der Waals surface area contributed by atoms with Crippen molar-refractivity contribution in [1.82, 2.24) is 5.32 Å². The first-order valence-corrected chi connectivity index (χ1v) is 6.91. The minimum atomic E-state index is -0.579. The maximum atomic E-state index is 10.4. The second-order valence-corrected chi connectivity index (χ2v) is 4.59. The Bertz CT molecular complexity index is 201. The van der Waals surface area contributed by atoms with Crippen molar-refractivity contribution in [3.05, 3.63) is 0 Å². The molecule has 0 aliphatic carbocycles. The van der Waals surface area contributed by atoms with E-state index in [1.165, 1.54) is 32.1 Å². The van der Waals surface area contributed by atoms with Crippen LogP contribution in [0.2, 0.25) is 0 Å². The molecule has 0 aliphatic rings. The maximum absolute atomic E-state index is 10.4. The van der Waals surface area contributed by atoms with Crippen LogP contribution in [0.15, 0.2) is 0 Å². The smallest absolute Gasteiger partial charge is 0.231 e. The summed E-state index contributed by atoms with van der Waals surface area (Å²) in [6.07, 6.45) is 6.80. The Morgan fingerprint density at radius 3 is 2.61 bits per heavy atom. The zero-order valence-electron chi connectivity index (χ0n) is 11.5. The molecule has 0 aromatic carbocycles. The lowest BCUT2D eigenvalue weighted by Gasteiger charge is -2.11. The SMILES string of the molecule is CCCCCCCCOCC(O)CNCC(N)=O. The predicted molar refractivity (Wildman–Crippen MR) is 72.3 cm³/mol. The molecule has 1 unspecified atom stereocenters. The van der Waals surface area contributed by atoms with E-state index in [-0.39, 0.29) is 6.54 Å². The fourth-order valence-electron chi connectivity index (χ4n) is 1.62. The third kappa shape index (κ3) is 13.4. The molecule has 0 saturated heterocycles. The molecule has 0 aromatic rings. The summed E-state index contributed by atoms with van der Waals surface area (Å²) in [4.78, 5) is 10.4. The molecule has 4 N–H and O–H groups in total. The Kier molecular flexibility index (Phi) is 12.3. The van der Waals surface area contributed by atoms with E-state index in [4.69, 9.17) is 10.5 Å². The van der Waals surface area contributed by atoms with Gasteiger partial charge in [-0.25, -0.2) is 0 Å². The van der Waals surface area contributed by atoms with Gasteiger partial charge < -0.3 is 20.9 Å². The number of amides is 1. The quantitative estimate of drug-likeness (QED) is 0.428. The van der Waals surface area contributed by atoms with Crippen LogP contribution in [0.4, 0.5) is 0 Å². The number of ether oxygens (including phenoxy) is 1. The van der Waals surface area contributed by atoms with Crippen LogP contribution in [0.5, 0.6) is 0 Å².